The maximum atomic E-state index is 13.3. The van der Waals surface area contributed by atoms with E-state index in [1.807, 2.05) is 30.3 Å². The summed E-state index contributed by atoms with van der Waals surface area (Å²) in [5, 5.41) is 5.11. The van der Waals surface area contributed by atoms with Gasteiger partial charge in [-0.05, 0) is 52.9 Å². The number of ketones is 1. The molecule has 2 N–H and O–H groups in total. The van der Waals surface area contributed by atoms with Crippen molar-refractivity contribution in [3.63, 3.8) is 0 Å². The molecule has 3 nitrogen and oxygen atoms in total. The summed E-state index contributed by atoms with van der Waals surface area (Å²) in [7, 11) is 0. The van der Waals surface area contributed by atoms with Crippen LogP contribution >= 0.6 is 34.0 Å². The highest BCUT2D eigenvalue weighted by atomic mass is 32.1. The number of nitrogens with zero attached hydrogens (tertiary/aromatic N) is 1. The van der Waals surface area contributed by atoms with E-state index in [9.17, 15) is 4.79 Å². The second-order valence-corrected chi connectivity index (χ2v) is 10.6. The Labute approximate surface area is 197 Å². The van der Waals surface area contributed by atoms with Gasteiger partial charge in [-0.15, -0.1) is 34.0 Å². The molecule has 1 aromatic carbocycles. The van der Waals surface area contributed by atoms with Crippen LogP contribution in [0.2, 0.25) is 0 Å². The maximum absolute atomic E-state index is 13.3. The van der Waals surface area contributed by atoms with Gasteiger partial charge in [0, 0.05) is 26.3 Å². The lowest BCUT2D eigenvalue weighted by atomic mass is 10.00. The predicted octanol–water partition coefficient (Wildman–Crippen LogP) is 7.39. The van der Waals surface area contributed by atoms with Crippen molar-refractivity contribution in [3.8, 4) is 10.4 Å². The van der Waals surface area contributed by atoms with Crippen molar-refractivity contribution in [1.82, 2.24) is 4.98 Å². The fourth-order valence-electron chi connectivity index (χ4n) is 4.34. The first kappa shape index (κ1) is 19.6. The zero-order valence-electron chi connectivity index (χ0n) is 17.0. The Kier molecular flexibility index (Phi) is 4.79. The largest absolute Gasteiger partial charge is 0.397 e. The quantitative estimate of drug-likeness (QED) is 0.279. The molecule has 0 unspecified atom stereocenters. The highest BCUT2D eigenvalue weighted by Gasteiger charge is 2.29. The number of allylic oxidation sites excluding steroid dienone is 1. The minimum Gasteiger partial charge on any atom is -0.397 e. The molecule has 0 spiro atoms. The van der Waals surface area contributed by atoms with Gasteiger partial charge in [0.05, 0.1) is 11.4 Å². The smallest absolute Gasteiger partial charge is 0.205 e. The molecule has 6 rings (SSSR count). The van der Waals surface area contributed by atoms with Crippen LogP contribution in [-0.4, -0.2) is 10.8 Å². The summed E-state index contributed by atoms with van der Waals surface area (Å²) in [5.41, 5.74) is 12.6. The Morgan fingerprint density at radius 2 is 1.78 bits per heavy atom. The number of carbonyl (C=O) groups excluding carboxylic acids is 1. The number of nitrogens with two attached hydrogens (primary N) is 1. The molecule has 1 aliphatic rings. The average molecular weight is 471 g/mol. The summed E-state index contributed by atoms with van der Waals surface area (Å²) in [6, 6.07) is 17.7. The van der Waals surface area contributed by atoms with Gasteiger partial charge in [0.15, 0.2) is 0 Å². The van der Waals surface area contributed by atoms with E-state index in [1.54, 1.807) is 22.7 Å². The molecular formula is C26H18N2OS3. The summed E-state index contributed by atoms with van der Waals surface area (Å²) in [6.07, 6.45) is 4.14. The van der Waals surface area contributed by atoms with Gasteiger partial charge >= 0.3 is 0 Å². The fraction of sp³-hybridized carbons (Fsp3) is 0.0769. The van der Waals surface area contributed by atoms with Crippen LogP contribution in [0.4, 0.5) is 5.69 Å². The average Bonchev–Trinajstić information content (AvgIpc) is 3.62. The van der Waals surface area contributed by atoms with Gasteiger partial charge in [0.25, 0.3) is 0 Å². The van der Waals surface area contributed by atoms with Crippen molar-refractivity contribution in [2.45, 2.75) is 12.8 Å². The lowest BCUT2D eigenvalue weighted by molar-refractivity contribution is 0.104. The number of rotatable bonds is 4. The van der Waals surface area contributed by atoms with E-state index < -0.39 is 0 Å². The standard InChI is InChI=1S/C26H18N2OS3/c27-22-21-20(19-9-5-13-31-19)18-11-10-16(14-17-8-4-12-30-17)23(18)28-26(21)32-25(22)24(29)15-6-2-1-3-7-15/h1-9,12-14H,10-11,27H2/b16-14-. The van der Waals surface area contributed by atoms with Crippen LogP contribution in [0.25, 0.3) is 32.3 Å². The first-order valence-electron chi connectivity index (χ1n) is 10.3. The van der Waals surface area contributed by atoms with Crippen molar-refractivity contribution >= 4 is 67.3 Å². The van der Waals surface area contributed by atoms with E-state index in [1.165, 1.54) is 32.2 Å². The third-order valence-corrected chi connectivity index (χ3v) is 8.60. The molecule has 5 aromatic rings. The van der Waals surface area contributed by atoms with Crippen LogP contribution in [0.3, 0.4) is 0 Å². The summed E-state index contributed by atoms with van der Waals surface area (Å²) in [5.74, 6) is -0.0438. The van der Waals surface area contributed by atoms with Crippen molar-refractivity contribution in [3.05, 3.63) is 91.9 Å². The van der Waals surface area contributed by atoms with E-state index in [4.69, 9.17) is 10.7 Å². The van der Waals surface area contributed by atoms with Crippen molar-refractivity contribution in [1.29, 1.82) is 0 Å². The lowest BCUT2D eigenvalue weighted by Crippen LogP contribution is -2.02. The molecule has 4 heterocycles. The molecule has 0 fully saturated rings. The molecule has 0 aliphatic heterocycles. The van der Waals surface area contributed by atoms with Crippen LogP contribution in [0.5, 0.6) is 0 Å². The van der Waals surface area contributed by atoms with Crippen LogP contribution in [0.15, 0.2) is 65.4 Å². The number of anilines is 1. The Balaban J connectivity index is 1.60. The zero-order chi connectivity index (χ0) is 21.7. The number of fused-ring (bicyclic) bond motifs is 2. The third-order valence-electron chi connectivity index (χ3n) is 5.80. The van der Waals surface area contributed by atoms with E-state index in [0.29, 0.717) is 16.1 Å². The minimum absolute atomic E-state index is 0.0438. The monoisotopic (exact) mass is 470 g/mol. The van der Waals surface area contributed by atoms with Gasteiger partial charge < -0.3 is 5.73 Å². The SMILES string of the molecule is Nc1c(C(=O)c2ccccc2)sc2nc3c(c(-c4cccs4)c12)CC/C3=C/c1cccs1. The van der Waals surface area contributed by atoms with E-state index in [-0.39, 0.29) is 5.78 Å². The molecule has 0 atom stereocenters. The second kappa shape index (κ2) is 7.81. The Morgan fingerprint density at radius 3 is 2.53 bits per heavy atom. The Bertz CT molecular complexity index is 1480. The van der Waals surface area contributed by atoms with Crippen LogP contribution in [0.1, 0.15) is 37.8 Å². The third kappa shape index (κ3) is 3.14. The summed E-state index contributed by atoms with van der Waals surface area (Å²) in [4.78, 5) is 22.2. The van der Waals surface area contributed by atoms with Crippen LogP contribution in [-0.2, 0) is 6.42 Å². The first-order valence-corrected chi connectivity index (χ1v) is 12.9. The van der Waals surface area contributed by atoms with Crippen molar-refractivity contribution in [2.75, 3.05) is 5.73 Å². The summed E-state index contributed by atoms with van der Waals surface area (Å²) >= 11 is 4.85. The van der Waals surface area contributed by atoms with Gasteiger partial charge in [0.1, 0.15) is 9.71 Å². The van der Waals surface area contributed by atoms with Gasteiger partial charge in [-0.2, -0.15) is 0 Å². The summed E-state index contributed by atoms with van der Waals surface area (Å²) < 4.78 is 0. The normalized spacial score (nSPS) is 14.3. The Morgan fingerprint density at radius 1 is 0.969 bits per heavy atom. The lowest BCUT2D eigenvalue weighted by Gasteiger charge is -2.10. The molecule has 0 saturated carbocycles. The second-order valence-electron chi connectivity index (χ2n) is 7.70. The molecule has 156 valence electrons. The van der Waals surface area contributed by atoms with Crippen molar-refractivity contribution < 1.29 is 4.79 Å². The van der Waals surface area contributed by atoms with Crippen molar-refractivity contribution in [2.24, 2.45) is 0 Å². The highest BCUT2D eigenvalue weighted by Crippen LogP contribution is 2.48. The number of pyridine rings is 1. The van der Waals surface area contributed by atoms with Gasteiger partial charge in [-0.3, -0.25) is 4.79 Å². The van der Waals surface area contributed by atoms with E-state index in [0.717, 1.165) is 34.3 Å². The van der Waals surface area contributed by atoms with Gasteiger partial charge in [0.2, 0.25) is 5.78 Å². The van der Waals surface area contributed by atoms with E-state index in [2.05, 4.69) is 41.1 Å². The number of aromatic nitrogens is 1. The number of nitrogen functional groups attached to an aromatic ring is 1. The predicted molar refractivity (Wildman–Crippen MR) is 138 cm³/mol. The maximum Gasteiger partial charge on any atom is 0.205 e. The zero-order valence-corrected chi connectivity index (χ0v) is 19.4. The number of carbonyl (C=O) groups is 1. The minimum atomic E-state index is -0.0438. The number of hydrogen-bond donors (Lipinski definition) is 1. The fourth-order valence-corrected chi connectivity index (χ4v) is 6.90. The van der Waals surface area contributed by atoms with E-state index >= 15 is 0 Å². The van der Waals surface area contributed by atoms with Gasteiger partial charge in [-0.1, -0.05) is 42.5 Å². The van der Waals surface area contributed by atoms with Crippen LogP contribution < -0.4 is 5.73 Å². The topological polar surface area (TPSA) is 56.0 Å². The molecule has 0 radical (unpaired) electrons. The first-order chi connectivity index (χ1) is 15.7. The molecule has 6 heteroatoms. The number of thiophene rings is 3. The Hall–Kier alpha value is -3.06. The molecule has 0 amide bonds. The molecule has 4 aromatic heterocycles. The number of hydrogen-bond acceptors (Lipinski definition) is 6. The molecule has 0 bridgehead atoms. The molecule has 0 saturated heterocycles. The van der Waals surface area contributed by atoms with Crippen LogP contribution in [0, 0.1) is 0 Å². The van der Waals surface area contributed by atoms with Gasteiger partial charge in [-0.25, -0.2) is 4.98 Å². The number of benzene rings is 1. The highest BCUT2D eigenvalue weighted by molar-refractivity contribution is 7.21. The molecule has 1 aliphatic carbocycles. The summed E-state index contributed by atoms with van der Waals surface area (Å²) in [6.45, 7) is 0. The molecule has 32 heavy (non-hydrogen) atoms. The molecular weight excluding hydrogens is 453 g/mol.